The van der Waals surface area contributed by atoms with Crippen LogP contribution in [0.3, 0.4) is 0 Å². The number of hydrogen-bond donors (Lipinski definition) is 12. The van der Waals surface area contributed by atoms with Crippen LogP contribution < -0.4 is 16.0 Å². The second kappa shape index (κ2) is 50.0. The van der Waals surface area contributed by atoms with Crippen LogP contribution in [0.5, 0.6) is 0 Å². The van der Waals surface area contributed by atoms with E-state index in [2.05, 4.69) is 34.7 Å². The number of aliphatic hydroxyl groups excluding tert-OH is 9. The summed E-state index contributed by atoms with van der Waals surface area (Å²) in [5, 5.41) is 98.7. The van der Waals surface area contributed by atoms with E-state index in [1.165, 1.54) is 13.8 Å². The number of nitrogens with zero attached hydrogens (tertiary/aromatic N) is 1. The Kier molecular flexibility index (Phi) is 45.1. The second-order valence-electron chi connectivity index (χ2n) is 25.9. The van der Waals surface area contributed by atoms with Crippen molar-refractivity contribution in [3.8, 4) is 0 Å². The van der Waals surface area contributed by atoms with E-state index in [0.717, 1.165) is 51.7 Å². The highest BCUT2D eigenvalue weighted by Gasteiger charge is 2.47. The normalized spacial score (nSPS) is 26.6. The van der Waals surface area contributed by atoms with Crippen molar-refractivity contribution in [1.29, 1.82) is 0 Å². The van der Waals surface area contributed by atoms with Gasteiger partial charge in [0.05, 0.1) is 58.4 Å². The molecule has 16 atom stereocenters. The molecule has 3 aliphatic heterocycles. The maximum atomic E-state index is 12.9. The summed E-state index contributed by atoms with van der Waals surface area (Å²) in [6, 6.07) is -2.10. The van der Waals surface area contributed by atoms with E-state index in [0.29, 0.717) is 135 Å². The Balaban J connectivity index is 1.35. The molecule has 95 heavy (non-hydrogen) atoms. The minimum absolute atomic E-state index is 0.0687. The zero-order valence-electron chi connectivity index (χ0n) is 57.3. The van der Waals surface area contributed by atoms with Crippen LogP contribution in [-0.4, -0.2) is 275 Å². The van der Waals surface area contributed by atoms with Gasteiger partial charge in [-0.3, -0.25) is 38.5 Å². The monoisotopic (exact) mass is 1360 g/mol. The predicted octanol–water partition coefficient (Wildman–Crippen LogP) is 1.30. The first kappa shape index (κ1) is 85.8. The van der Waals surface area contributed by atoms with Gasteiger partial charge < -0.3 is 99.8 Å². The molecule has 3 rings (SSSR count). The molecule has 0 radical (unpaired) electrons. The summed E-state index contributed by atoms with van der Waals surface area (Å²) in [5.41, 5.74) is 0. The SMILES string of the molecule is CC(=O)NC1C(OCCCCC(=O)CCCCCC(=O)CCOCC(COCCC(=O)CCCCCC(=O)CCCCOC2OC(CO)C(O)C(O)C2C)N(CCCNCCCCC(=O)CCCCOC2OC(CO)C(O)C(O)C2NC(C)=O)C(C)C)OC(CO)C(O)C1O. The van der Waals surface area contributed by atoms with Crippen LogP contribution in [0.1, 0.15) is 195 Å². The molecule has 3 aliphatic rings. The van der Waals surface area contributed by atoms with Crippen molar-refractivity contribution in [3.05, 3.63) is 0 Å². The lowest BCUT2D eigenvalue weighted by Gasteiger charge is -2.42. The maximum absolute atomic E-state index is 12.9. The Bertz CT molecular complexity index is 2150. The highest BCUT2D eigenvalue weighted by Crippen LogP contribution is 2.28. The van der Waals surface area contributed by atoms with Crippen LogP contribution >= 0.6 is 0 Å². The fourth-order valence-electron chi connectivity index (χ4n) is 11.8. The molecule has 28 heteroatoms. The van der Waals surface area contributed by atoms with Gasteiger partial charge in [0.1, 0.15) is 89.8 Å². The Morgan fingerprint density at radius 2 is 0.737 bits per heavy atom. The number of hydrogen-bond acceptors (Lipinski definition) is 26. The summed E-state index contributed by atoms with van der Waals surface area (Å²) < 4.78 is 46.3. The average molecular weight is 1370 g/mol. The van der Waals surface area contributed by atoms with Gasteiger partial charge in [-0.05, 0) is 110 Å². The van der Waals surface area contributed by atoms with Crippen LogP contribution in [0.4, 0.5) is 0 Å². The molecule has 0 aliphatic carbocycles. The number of Topliss-reactive ketones (excluding diaryl/α,β-unsaturated/α-hetero) is 5. The minimum atomic E-state index is -1.41. The first-order valence-corrected chi connectivity index (χ1v) is 35.0. The van der Waals surface area contributed by atoms with E-state index in [9.17, 15) is 79.5 Å². The van der Waals surface area contributed by atoms with E-state index in [-0.39, 0.29) is 80.3 Å². The maximum Gasteiger partial charge on any atom is 0.217 e. The van der Waals surface area contributed by atoms with Crippen molar-refractivity contribution in [2.75, 3.05) is 85.7 Å². The predicted molar refractivity (Wildman–Crippen MR) is 346 cm³/mol. The molecular weight excluding hydrogens is 1240 g/mol. The lowest BCUT2D eigenvalue weighted by Crippen LogP contribution is -2.64. The van der Waals surface area contributed by atoms with Gasteiger partial charge in [-0.15, -0.1) is 0 Å². The van der Waals surface area contributed by atoms with E-state index in [1.54, 1.807) is 6.92 Å². The molecule has 28 nitrogen and oxygen atoms in total. The number of amides is 2. The van der Waals surface area contributed by atoms with E-state index in [4.69, 9.17) is 37.9 Å². The van der Waals surface area contributed by atoms with Gasteiger partial charge in [-0.1, -0.05) is 19.8 Å². The molecule has 552 valence electrons. The molecule has 16 unspecified atom stereocenters. The molecule has 0 spiro atoms. The number of carbonyl (C=O) groups excluding carboxylic acids is 7. The van der Waals surface area contributed by atoms with Gasteiger partial charge >= 0.3 is 0 Å². The standard InChI is InChI=1S/C67H120N4O24/c1-44(2)71(33-20-32-68-31-16-12-25-51(79)28-15-19-36-92-67-58(70-47(5)76)64(87)62(85)56(41-74)95-67)48(42-88-37-29-52(80)23-10-6-8-21-49(77)26-13-17-34-90-65-45(3)59(82)60(83)54(39-72)93-65)43-89-38-30-53(81)24-11-7-9-22-50(78)27-14-18-35-91-66-57(69-46(4)75)63(86)61(84)55(40-73)94-66/h44-45,48,54-68,72-74,82-87H,6-43H2,1-5H3,(H,69,75)(H,70,76). The van der Waals surface area contributed by atoms with Crippen LogP contribution in [0.25, 0.3) is 0 Å². The lowest BCUT2D eigenvalue weighted by atomic mass is 9.92. The Labute approximate surface area is 561 Å². The van der Waals surface area contributed by atoms with Gasteiger partial charge in [0.25, 0.3) is 0 Å². The fourth-order valence-corrected chi connectivity index (χ4v) is 11.8. The van der Waals surface area contributed by atoms with Crippen molar-refractivity contribution in [2.45, 2.75) is 293 Å². The Morgan fingerprint density at radius 3 is 1.11 bits per heavy atom. The van der Waals surface area contributed by atoms with E-state index < -0.39 is 123 Å². The van der Waals surface area contributed by atoms with E-state index in [1.807, 2.05) is 0 Å². The smallest absolute Gasteiger partial charge is 0.217 e. The molecule has 0 saturated carbocycles. The number of aliphatic hydroxyl groups is 9. The summed E-state index contributed by atoms with van der Waals surface area (Å²) in [5.74, 6) is -0.845. The Morgan fingerprint density at radius 1 is 0.411 bits per heavy atom. The largest absolute Gasteiger partial charge is 0.394 e. The van der Waals surface area contributed by atoms with Gasteiger partial charge in [-0.25, -0.2) is 0 Å². The fraction of sp³-hybridized carbons (Fsp3) is 0.896. The van der Waals surface area contributed by atoms with Crippen molar-refractivity contribution in [2.24, 2.45) is 5.92 Å². The molecule has 2 amide bonds. The third-order valence-electron chi connectivity index (χ3n) is 17.5. The van der Waals surface area contributed by atoms with Crippen LogP contribution in [-0.2, 0) is 71.5 Å². The molecular formula is C67H120N4O24. The topological polar surface area (TPSA) is 415 Å². The van der Waals surface area contributed by atoms with Gasteiger partial charge in [0.15, 0.2) is 18.9 Å². The lowest BCUT2D eigenvalue weighted by molar-refractivity contribution is -0.282. The van der Waals surface area contributed by atoms with Crippen LogP contribution in [0, 0.1) is 5.92 Å². The molecule has 0 bridgehead atoms. The number of nitrogens with one attached hydrogen (secondary N) is 3. The Hall–Kier alpha value is -3.47. The van der Waals surface area contributed by atoms with E-state index >= 15 is 0 Å². The quantitative estimate of drug-likeness (QED) is 0.0382. The van der Waals surface area contributed by atoms with Crippen LogP contribution in [0.15, 0.2) is 0 Å². The number of carbonyl (C=O) groups is 7. The van der Waals surface area contributed by atoms with Gasteiger partial charge in [0.2, 0.25) is 11.8 Å². The first-order chi connectivity index (χ1) is 45.5. The summed E-state index contributed by atoms with van der Waals surface area (Å²) in [7, 11) is 0. The van der Waals surface area contributed by atoms with Crippen molar-refractivity contribution < 1.29 is 117 Å². The average Bonchev–Trinajstić information content (AvgIpc) is 0.833. The number of ether oxygens (including phenoxy) is 8. The van der Waals surface area contributed by atoms with Gasteiger partial charge in [-0.2, -0.15) is 0 Å². The molecule has 3 saturated heterocycles. The third kappa shape index (κ3) is 34.4. The number of rotatable bonds is 56. The highest BCUT2D eigenvalue weighted by molar-refractivity contribution is 5.80. The zero-order valence-corrected chi connectivity index (χ0v) is 57.3. The van der Waals surface area contributed by atoms with Crippen molar-refractivity contribution >= 4 is 40.7 Å². The number of ketones is 5. The highest BCUT2D eigenvalue weighted by atomic mass is 16.7. The summed E-state index contributed by atoms with van der Waals surface area (Å²) in [6.45, 7) is 10.9. The summed E-state index contributed by atoms with van der Waals surface area (Å²) >= 11 is 0. The molecule has 0 aromatic heterocycles. The molecule has 3 heterocycles. The first-order valence-electron chi connectivity index (χ1n) is 35.0. The zero-order chi connectivity index (χ0) is 70.1. The molecule has 12 N–H and O–H groups in total. The van der Waals surface area contributed by atoms with Gasteiger partial charge in [0, 0.05) is 116 Å². The van der Waals surface area contributed by atoms with Crippen molar-refractivity contribution in [1.82, 2.24) is 20.9 Å². The summed E-state index contributed by atoms with van der Waals surface area (Å²) in [6.07, 6.45) is -0.399. The second-order valence-corrected chi connectivity index (χ2v) is 25.9. The summed E-state index contributed by atoms with van der Waals surface area (Å²) in [4.78, 5) is 89.3. The van der Waals surface area contributed by atoms with Crippen molar-refractivity contribution in [3.63, 3.8) is 0 Å². The molecule has 0 aromatic carbocycles. The molecule has 0 aromatic rings. The number of unbranched alkanes of at least 4 members (excludes halogenated alkanes) is 8. The molecule has 3 fully saturated rings. The third-order valence-corrected chi connectivity index (χ3v) is 17.5. The minimum Gasteiger partial charge on any atom is -0.394 e. The van der Waals surface area contributed by atoms with Crippen LogP contribution in [0.2, 0.25) is 0 Å².